The van der Waals surface area contributed by atoms with Crippen LogP contribution in [0.2, 0.25) is 0 Å². The smallest absolute Gasteiger partial charge is 0.201 e. The van der Waals surface area contributed by atoms with Gasteiger partial charge in [0.25, 0.3) is 0 Å². The second kappa shape index (κ2) is 12.9. The van der Waals surface area contributed by atoms with Gasteiger partial charge < -0.3 is 0 Å². The van der Waals surface area contributed by atoms with Gasteiger partial charge in [-0.2, -0.15) is 14.4 Å². The van der Waals surface area contributed by atoms with E-state index in [1.54, 1.807) is 0 Å². The summed E-state index contributed by atoms with van der Waals surface area (Å²) in [5, 5.41) is 8.88. The van der Waals surface area contributed by atoms with Gasteiger partial charge in [0, 0.05) is 80.1 Å². The lowest BCUT2D eigenvalue weighted by atomic mass is 10.1. The van der Waals surface area contributed by atoms with Crippen molar-refractivity contribution in [3.05, 3.63) is 143 Å². The Bertz CT molecular complexity index is 1670. The Morgan fingerprint density at radius 1 is 0.700 bits per heavy atom. The van der Waals surface area contributed by atoms with Crippen LogP contribution in [0.3, 0.4) is 0 Å². The molecule has 0 radical (unpaired) electrons. The number of nitrogens with zero attached hydrogens (tertiary/aromatic N) is 5. The Hall–Kier alpha value is -3.99. The van der Waals surface area contributed by atoms with Crippen molar-refractivity contribution in [3.8, 4) is 28.3 Å². The normalized spacial score (nSPS) is 10.7. The van der Waals surface area contributed by atoms with Crippen molar-refractivity contribution in [2.75, 3.05) is 0 Å². The first-order chi connectivity index (χ1) is 19.5. The Kier molecular flexibility index (Phi) is 8.90. The number of hydrogen-bond donors (Lipinski definition) is 0. The van der Waals surface area contributed by atoms with E-state index < -0.39 is 0 Å². The molecule has 5 aromatic rings. The van der Waals surface area contributed by atoms with Crippen molar-refractivity contribution in [2.45, 2.75) is 26.2 Å². The molecule has 0 bridgehead atoms. The number of halogens is 2. The van der Waals surface area contributed by atoms with Gasteiger partial charge in [0.05, 0.1) is 0 Å². The van der Waals surface area contributed by atoms with E-state index in [2.05, 4.69) is 144 Å². The van der Waals surface area contributed by atoms with Gasteiger partial charge >= 0.3 is 0 Å². The van der Waals surface area contributed by atoms with Crippen molar-refractivity contribution in [3.63, 3.8) is 0 Å². The van der Waals surface area contributed by atoms with Gasteiger partial charge in [-0.1, -0.05) is 34.6 Å². The molecule has 1 aromatic carbocycles. The summed E-state index contributed by atoms with van der Waals surface area (Å²) in [4.78, 5) is 0. The first-order valence-electron chi connectivity index (χ1n) is 13.0. The standard InChI is InChI=1S/C33H29Br2N5/c1-2-14-40-21-12-29(23-33(40)35)28-10-17-38(18-11-28)24-30-4-3-5-32(34)31(30)25-39-19-8-27(9-20-39)26-6-15-37(16-7-26)22-13-36/h2-12,15-21,23H,1,14,22,24-25H2/q+4. The minimum absolute atomic E-state index is 0.354. The van der Waals surface area contributed by atoms with Crippen LogP contribution in [-0.4, -0.2) is 0 Å². The van der Waals surface area contributed by atoms with Gasteiger partial charge in [-0.05, 0) is 34.4 Å². The maximum atomic E-state index is 8.88. The molecule has 0 aliphatic rings. The first kappa shape index (κ1) is 27.6. The van der Waals surface area contributed by atoms with E-state index in [-0.39, 0.29) is 0 Å². The molecule has 4 heterocycles. The van der Waals surface area contributed by atoms with Gasteiger partial charge in [-0.15, -0.1) is 0 Å². The maximum Gasteiger partial charge on any atom is 0.248 e. The first-order valence-corrected chi connectivity index (χ1v) is 14.5. The highest BCUT2D eigenvalue weighted by Gasteiger charge is 2.16. The zero-order valence-corrected chi connectivity index (χ0v) is 25.2. The van der Waals surface area contributed by atoms with Crippen molar-refractivity contribution in [1.82, 2.24) is 0 Å². The molecule has 0 spiro atoms. The average Bonchev–Trinajstić information content (AvgIpc) is 2.97. The molecule has 196 valence electrons. The Morgan fingerprint density at radius 2 is 1.25 bits per heavy atom. The molecule has 0 N–H and O–H groups in total. The predicted octanol–water partition coefficient (Wildman–Crippen LogP) is 5.50. The van der Waals surface area contributed by atoms with Crippen LogP contribution in [0.1, 0.15) is 11.1 Å². The highest BCUT2D eigenvalue weighted by Crippen LogP contribution is 2.22. The third-order valence-electron chi connectivity index (χ3n) is 6.81. The summed E-state index contributed by atoms with van der Waals surface area (Å²) in [6, 6.07) is 25.5. The highest BCUT2D eigenvalue weighted by molar-refractivity contribution is 9.10. The van der Waals surface area contributed by atoms with E-state index in [1.165, 1.54) is 22.3 Å². The molecule has 5 nitrogen and oxygen atoms in total. The zero-order valence-electron chi connectivity index (χ0n) is 22.0. The molecule has 0 fully saturated rings. The van der Waals surface area contributed by atoms with E-state index in [1.807, 2.05) is 35.2 Å². The molecule has 4 aromatic heterocycles. The maximum absolute atomic E-state index is 8.88. The lowest BCUT2D eigenvalue weighted by Crippen LogP contribution is -2.37. The Balaban J connectivity index is 1.31. The van der Waals surface area contributed by atoms with Crippen LogP contribution in [0.15, 0.2) is 132 Å². The van der Waals surface area contributed by atoms with Crippen LogP contribution in [0.4, 0.5) is 0 Å². The van der Waals surface area contributed by atoms with Gasteiger partial charge in [0.1, 0.15) is 6.07 Å². The number of aromatic nitrogens is 4. The molecule has 0 aliphatic heterocycles. The molecule has 5 rings (SSSR count). The lowest BCUT2D eigenvalue weighted by Gasteiger charge is -2.08. The van der Waals surface area contributed by atoms with Gasteiger partial charge in [-0.25, -0.2) is 9.13 Å². The molecule has 0 saturated carbocycles. The fraction of sp³-hybridized carbons (Fsp3) is 0.121. The number of rotatable bonds is 9. The molecule has 7 heteroatoms. The summed E-state index contributed by atoms with van der Waals surface area (Å²) in [5.41, 5.74) is 7.13. The van der Waals surface area contributed by atoms with Gasteiger partial charge in [0.2, 0.25) is 11.1 Å². The summed E-state index contributed by atoms with van der Waals surface area (Å²) >= 11 is 7.46. The topological polar surface area (TPSA) is 39.3 Å². The van der Waals surface area contributed by atoms with Crippen LogP contribution >= 0.6 is 31.9 Å². The minimum Gasteiger partial charge on any atom is -0.201 e. The zero-order chi connectivity index (χ0) is 27.9. The predicted molar refractivity (Wildman–Crippen MR) is 160 cm³/mol. The van der Waals surface area contributed by atoms with Crippen LogP contribution in [0.5, 0.6) is 0 Å². The molecular weight excluding hydrogens is 626 g/mol. The fourth-order valence-electron chi connectivity index (χ4n) is 4.62. The van der Waals surface area contributed by atoms with Crippen molar-refractivity contribution >= 4 is 31.9 Å². The fourth-order valence-corrected chi connectivity index (χ4v) is 5.66. The average molecular weight is 655 g/mol. The lowest BCUT2D eigenvalue weighted by molar-refractivity contribution is -0.697. The summed E-state index contributed by atoms with van der Waals surface area (Å²) in [6.45, 7) is 6.48. The van der Waals surface area contributed by atoms with Crippen LogP contribution in [0.25, 0.3) is 22.3 Å². The summed E-state index contributed by atoms with van der Waals surface area (Å²) in [5.74, 6) is 0. The number of pyridine rings is 4. The van der Waals surface area contributed by atoms with Crippen molar-refractivity contribution in [2.24, 2.45) is 0 Å². The second-order valence-corrected chi connectivity index (χ2v) is 11.2. The molecule has 0 unspecified atom stereocenters. The number of nitriles is 1. The second-order valence-electron chi connectivity index (χ2n) is 9.49. The quantitative estimate of drug-likeness (QED) is 0.118. The molecule has 0 atom stereocenters. The Morgan fingerprint density at radius 3 is 1.82 bits per heavy atom. The number of hydrogen-bond acceptors (Lipinski definition) is 1. The van der Waals surface area contributed by atoms with Crippen LogP contribution in [0, 0.1) is 11.3 Å². The van der Waals surface area contributed by atoms with Crippen molar-refractivity contribution < 1.29 is 18.3 Å². The van der Waals surface area contributed by atoms with E-state index in [0.29, 0.717) is 6.54 Å². The highest BCUT2D eigenvalue weighted by atomic mass is 79.9. The molecular formula is C33H29Br2N5+4. The number of allylic oxidation sites excluding steroid dienone is 1. The number of benzene rings is 1. The van der Waals surface area contributed by atoms with Gasteiger partial charge in [0.15, 0.2) is 63.0 Å². The van der Waals surface area contributed by atoms with E-state index >= 15 is 0 Å². The van der Waals surface area contributed by atoms with E-state index in [0.717, 1.165) is 39.8 Å². The van der Waals surface area contributed by atoms with Gasteiger partial charge in [-0.3, -0.25) is 0 Å². The summed E-state index contributed by atoms with van der Waals surface area (Å²) < 4.78 is 10.5. The molecule has 0 aliphatic carbocycles. The largest absolute Gasteiger partial charge is 0.248 e. The summed E-state index contributed by atoms with van der Waals surface area (Å²) in [6.07, 6.45) is 16.4. The molecule has 40 heavy (non-hydrogen) atoms. The third-order valence-corrected chi connectivity index (χ3v) is 8.24. The van der Waals surface area contributed by atoms with E-state index in [9.17, 15) is 0 Å². The monoisotopic (exact) mass is 653 g/mol. The van der Waals surface area contributed by atoms with Crippen molar-refractivity contribution in [1.29, 1.82) is 5.26 Å². The minimum atomic E-state index is 0.354. The van der Waals surface area contributed by atoms with Crippen LogP contribution < -0.4 is 18.3 Å². The molecule has 0 saturated heterocycles. The van der Waals surface area contributed by atoms with Crippen LogP contribution in [-0.2, 0) is 26.2 Å². The molecule has 0 amide bonds. The third kappa shape index (κ3) is 6.59. The van der Waals surface area contributed by atoms with E-state index in [4.69, 9.17) is 5.26 Å². The SMILES string of the molecule is C=CC[n+]1ccc(-c2cc[n+](Cc3cccc(Br)c3C[n+]3ccc(-c4cc[n+](CC#N)cc4)cc3)cc2)cc1Br. The Labute approximate surface area is 251 Å². The summed E-state index contributed by atoms with van der Waals surface area (Å²) in [7, 11) is 0.